The molecule has 2 amide bonds. The molecule has 22 heavy (non-hydrogen) atoms. The SMILES string of the molecule is CCCCCCC#CC#CCN1C(=O)c2ccccc2C1=O. The highest BCUT2D eigenvalue weighted by Crippen LogP contribution is 2.21. The van der Waals surface area contributed by atoms with Gasteiger partial charge in [-0.2, -0.15) is 0 Å². The van der Waals surface area contributed by atoms with Crippen LogP contribution >= 0.6 is 0 Å². The summed E-state index contributed by atoms with van der Waals surface area (Å²) in [5.41, 5.74) is 0.910. The van der Waals surface area contributed by atoms with Gasteiger partial charge < -0.3 is 0 Å². The van der Waals surface area contributed by atoms with Crippen molar-refractivity contribution in [2.45, 2.75) is 39.0 Å². The standard InChI is InChI=1S/C19H19NO2/c1-2-3-4-5-6-7-8-9-12-15-20-18(21)16-13-10-11-14-17(16)19(20)22/h10-11,13-14H,2-6,15H2,1H3. The molecule has 2 rings (SSSR count). The summed E-state index contributed by atoms with van der Waals surface area (Å²) < 4.78 is 0. The van der Waals surface area contributed by atoms with Gasteiger partial charge in [-0.15, -0.1) is 0 Å². The Kier molecular flexibility index (Phi) is 5.81. The number of fused-ring (bicyclic) bond motifs is 1. The van der Waals surface area contributed by atoms with Crippen molar-refractivity contribution in [3.63, 3.8) is 0 Å². The van der Waals surface area contributed by atoms with Crippen LogP contribution in [-0.4, -0.2) is 23.3 Å². The molecule has 3 heteroatoms. The van der Waals surface area contributed by atoms with Gasteiger partial charge in [0, 0.05) is 6.42 Å². The first kappa shape index (κ1) is 15.9. The maximum Gasteiger partial charge on any atom is 0.262 e. The van der Waals surface area contributed by atoms with Crippen molar-refractivity contribution in [1.29, 1.82) is 0 Å². The lowest BCUT2D eigenvalue weighted by Gasteiger charge is -2.08. The number of unbranched alkanes of at least 4 members (excludes halogenated alkanes) is 4. The Morgan fingerprint density at radius 1 is 0.909 bits per heavy atom. The summed E-state index contributed by atoms with van der Waals surface area (Å²) in [5.74, 6) is 10.7. The summed E-state index contributed by atoms with van der Waals surface area (Å²) in [6, 6.07) is 6.84. The molecule has 0 saturated carbocycles. The summed E-state index contributed by atoms with van der Waals surface area (Å²) in [5, 5.41) is 0. The molecule has 1 heterocycles. The topological polar surface area (TPSA) is 37.4 Å². The zero-order valence-corrected chi connectivity index (χ0v) is 12.8. The molecule has 112 valence electrons. The molecule has 0 spiro atoms. The minimum Gasteiger partial charge on any atom is -0.269 e. The minimum atomic E-state index is -0.276. The third-order valence-corrected chi connectivity index (χ3v) is 3.51. The predicted molar refractivity (Wildman–Crippen MR) is 86.1 cm³/mol. The summed E-state index contributed by atoms with van der Waals surface area (Å²) in [6.07, 6.45) is 5.61. The number of benzene rings is 1. The number of amides is 2. The van der Waals surface area contributed by atoms with Crippen LogP contribution in [0.4, 0.5) is 0 Å². The molecule has 0 N–H and O–H groups in total. The smallest absolute Gasteiger partial charge is 0.262 e. The Morgan fingerprint density at radius 3 is 2.18 bits per heavy atom. The van der Waals surface area contributed by atoms with Gasteiger partial charge in [0.15, 0.2) is 0 Å². The van der Waals surface area contributed by atoms with Crippen molar-refractivity contribution < 1.29 is 9.59 Å². The van der Waals surface area contributed by atoms with Crippen molar-refractivity contribution in [2.75, 3.05) is 6.54 Å². The first-order chi connectivity index (χ1) is 10.8. The van der Waals surface area contributed by atoms with Crippen LogP contribution in [0.15, 0.2) is 24.3 Å². The normalized spacial score (nSPS) is 12.3. The van der Waals surface area contributed by atoms with Gasteiger partial charge in [0.05, 0.1) is 17.7 Å². The molecular weight excluding hydrogens is 274 g/mol. The predicted octanol–water partition coefficient (Wildman–Crippen LogP) is 3.26. The fourth-order valence-electron chi connectivity index (χ4n) is 2.29. The second kappa shape index (κ2) is 8.05. The van der Waals surface area contributed by atoms with E-state index < -0.39 is 0 Å². The van der Waals surface area contributed by atoms with Crippen LogP contribution in [-0.2, 0) is 0 Å². The van der Waals surface area contributed by atoms with Gasteiger partial charge in [0.2, 0.25) is 0 Å². The fraction of sp³-hybridized carbons (Fsp3) is 0.368. The van der Waals surface area contributed by atoms with Gasteiger partial charge in [-0.1, -0.05) is 50.2 Å². The number of rotatable bonds is 5. The lowest BCUT2D eigenvalue weighted by molar-refractivity contribution is 0.0675. The molecule has 1 aliphatic rings. The molecule has 0 fully saturated rings. The highest BCUT2D eigenvalue weighted by molar-refractivity contribution is 6.21. The lowest BCUT2D eigenvalue weighted by Crippen LogP contribution is -2.29. The Hall–Kier alpha value is -2.52. The van der Waals surface area contributed by atoms with E-state index in [1.807, 2.05) is 0 Å². The Balaban J connectivity index is 1.84. The van der Waals surface area contributed by atoms with Crippen molar-refractivity contribution in [3.05, 3.63) is 35.4 Å². The number of carbonyl (C=O) groups excluding carboxylic acids is 2. The number of hydrogen-bond donors (Lipinski definition) is 0. The number of hydrogen-bond acceptors (Lipinski definition) is 2. The zero-order valence-electron chi connectivity index (χ0n) is 12.8. The highest BCUT2D eigenvalue weighted by atomic mass is 16.2. The van der Waals surface area contributed by atoms with Gasteiger partial charge in [-0.25, -0.2) is 0 Å². The van der Waals surface area contributed by atoms with Crippen molar-refractivity contribution in [1.82, 2.24) is 4.90 Å². The lowest BCUT2D eigenvalue weighted by atomic mass is 10.1. The average Bonchev–Trinajstić information content (AvgIpc) is 2.78. The van der Waals surface area contributed by atoms with Gasteiger partial charge in [-0.3, -0.25) is 14.5 Å². The van der Waals surface area contributed by atoms with E-state index in [1.54, 1.807) is 24.3 Å². The molecule has 3 nitrogen and oxygen atoms in total. The first-order valence-electron chi connectivity index (χ1n) is 7.66. The maximum atomic E-state index is 12.1. The van der Waals surface area contributed by atoms with Crippen LogP contribution in [0.5, 0.6) is 0 Å². The second-order valence-corrected chi connectivity index (χ2v) is 5.16. The summed E-state index contributed by atoms with van der Waals surface area (Å²) in [6.45, 7) is 2.27. The van der Waals surface area contributed by atoms with E-state index in [0.717, 1.165) is 12.8 Å². The van der Waals surface area contributed by atoms with Crippen LogP contribution in [0.1, 0.15) is 59.7 Å². The molecule has 0 atom stereocenters. The fourth-order valence-corrected chi connectivity index (χ4v) is 2.29. The zero-order chi connectivity index (χ0) is 15.8. The monoisotopic (exact) mass is 293 g/mol. The van der Waals surface area contributed by atoms with Gasteiger partial charge in [-0.05, 0) is 30.4 Å². The molecule has 1 aromatic rings. The van der Waals surface area contributed by atoms with E-state index in [9.17, 15) is 9.59 Å². The largest absolute Gasteiger partial charge is 0.269 e. The van der Waals surface area contributed by atoms with Crippen molar-refractivity contribution in [2.24, 2.45) is 0 Å². The van der Waals surface area contributed by atoms with Gasteiger partial charge in [0.25, 0.3) is 11.8 Å². The van der Waals surface area contributed by atoms with Crippen LogP contribution < -0.4 is 0 Å². The van der Waals surface area contributed by atoms with Crippen LogP contribution in [0.25, 0.3) is 0 Å². The van der Waals surface area contributed by atoms with Crippen molar-refractivity contribution >= 4 is 11.8 Å². The molecule has 0 unspecified atom stereocenters. The number of carbonyl (C=O) groups is 2. The Morgan fingerprint density at radius 2 is 1.55 bits per heavy atom. The summed E-state index contributed by atoms with van der Waals surface area (Å²) in [7, 11) is 0. The first-order valence-corrected chi connectivity index (χ1v) is 7.66. The van der Waals surface area contributed by atoms with Gasteiger partial charge in [0.1, 0.15) is 0 Å². The van der Waals surface area contributed by atoms with Crippen molar-refractivity contribution in [3.8, 4) is 23.7 Å². The highest BCUT2D eigenvalue weighted by Gasteiger charge is 2.34. The Bertz CT molecular complexity index is 648. The Labute approximate surface area is 131 Å². The maximum absolute atomic E-state index is 12.1. The van der Waals surface area contributed by atoms with E-state index in [4.69, 9.17) is 0 Å². The number of nitrogens with zero attached hydrogens (tertiary/aromatic N) is 1. The summed E-state index contributed by atoms with van der Waals surface area (Å²) >= 11 is 0. The molecule has 0 saturated heterocycles. The molecule has 0 aliphatic carbocycles. The number of imide groups is 1. The van der Waals surface area contributed by atoms with E-state index in [-0.39, 0.29) is 18.4 Å². The molecule has 1 aromatic carbocycles. The third kappa shape index (κ3) is 3.77. The molecule has 1 aliphatic heterocycles. The molecule has 0 aromatic heterocycles. The van der Waals surface area contributed by atoms with E-state index in [0.29, 0.717) is 11.1 Å². The van der Waals surface area contributed by atoms with E-state index in [2.05, 4.69) is 30.6 Å². The third-order valence-electron chi connectivity index (χ3n) is 3.51. The second-order valence-electron chi connectivity index (χ2n) is 5.16. The van der Waals surface area contributed by atoms with Gasteiger partial charge >= 0.3 is 0 Å². The minimum absolute atomic E-state index is 0.0941. The van der Waals surface area contributed by atoms with Crippen LogP contribution in [0.3, 0.4) is 0 Å². The molecule has 0 radical (unpaired) electrons. The van der Waals surface area contributed by atoms with E-state index >= 15 is 0 Å². The average molecular weight is 293 g/mol. The van der Waals surface area contributed by atoms with E-state index in [1.165, 1.54) is 24.2 Å². The molecule has 0 bridgehead atoms. The van der Waals surface area contributed by atoms with Crippen LogP contribution in [0.2, 0.25) is 0 Å². The summed E-state index contributed by atoms with van der Waals surface area (Å²) in [4.78, 5) is 25.3. The quantitative estimate of drug-likeness (QED) is 0.475. The van der Waals surface area contributed by atoms with Crippen LogP contribution in [0, 0.1) is 23.7 Å². The molecular formula is C19H19NO2.